The minimum atomic E-state index is -4.54. The minimum Gasteiger partial charge on any atom is -0.341 e. The normalized spacial score (nSPS) is 14.9. The van der Waals surface area contributed by atoms with E-state index in [4.69, 9.17) is 19.6 Å². The van der Waals surface area contributed by atoms with Gasteiger partial charge in [-0.3, -0.25) is 13.9 Å². The molecule has 16 heavy (non-hydrogen) atoms. The Morgan fingerprint density at radius 1 is 1.19 bits per heavy atom. The molecule has 0 radical (unpaired) electrons. The van der Waals surface area contributed by atoms with Crippen LogP contribution in [0.25, 0.3) is 0 Å². The Morgan fingerprint density at radius 2 is 1.62 bits per heavy atom. The molecule has 1 amide bonds. The van der Waals surface area contributed by atoms with E-state index in [9.17, 15) is 13.9 Å². The van der Waals surface area contributed by atoms with Gasteiger partial charge < -0.3 is 24.9 Å². The predicted octanol–water partition coefficient (Wildman–Crippen LogP) is -0.560. The highest BCUT2D eigenvalue weighted by atomic mass is 31.2. The van der Waals surface area contributed by atoms with Crippen LogP contribution in [-0.4, -0.2) is 37.4 Å². The largest absolute Gasteiger partial charge is 0.347 e. The van der Waals surface area contributed by atoms with E-state index in [0.29, 0.717) is 0 Å². The molecule has 0 aromatic rings. The maximum absolute atomic E-state index is 11.1. The van der Waals surface area contributed by atoms with Crippen molar-refractivity contribution in [1.29, 1.82) is 0 Å². The van der Waals surface area contributed by atoms with Gasteiger partial charge in [-0.15, -0.1) is 0 Å². The number of hydrogen-bond donors (Lipinski definition) is 5. The lowest BCUT2D eigenvalue weighted by Crippen LogP contribution is -2.39. The van der Waals surface area contributed by atoms with Crippen LogP contribution in [0.1, 0.15) is 13.8 Å². The van der Waals surface area contributed by atoms with Gasteiger partial charge in [-0.05, 0) is 5.92 Å². The van der Waals surface area contributed by atoms with Crippen LogP contribution in [0.4, 0.5) is 0 Å². The Hall–Kier alpha value is -0.230. The van der Waals surface area contributed by atoms with Crippen LogP contribution in [0.3, 0.4) is 0 Å². The highest BCUT2D eigenvalue weighted by Gasteiger charge is 2.34. The molecule has 0 rings (SSSR count). The van der Waals surface area contributed by atoms with Crippen molar-refractivity contribution < 1.29 is 33.5 Å². The van der Waals surface area contributed by atoms with Gasteiger partial charge in [0, 0.05) is 0 Å². The molecule has 0 spiro atoms. The van der Waals surface area contributed by atoms with E-state index in [1.54, 1.807) is 0 Å². The zero-order valence-electron chi connectivity index (χ0n) is 8.77. The van der Waals surface area contributed by atoms with Gasteiger partial charge in [0.2, 0.25) is 5.91 Å². The molecule has 0 aromatic carbocycles. The number of carbonyl (C=O) groups is 1. The molecular weight excluding hydrogens is 260 g/mol. The molecule has 0 aliphatic rings. The number of amides is 1. The monoisotopic (exact) mass is 275 g/mol. The van der Waals surface area contributed by atoms with Crippen LogP contribution in [0.2, 0.25) is 0 Å². The fourth-order valence-electron chi connectivity index (χ4n) is 1.04. The Kier molecular flexibility index (Phi) is 5.32. The first-order chi connectivity index (χ1) is 6.93. The van der Waals surface area contributed by atoms with E-state index in [2.05, 4.69) is 0 Å². The summed E-state index contributed by atoms with van der Waals surface area (Å²) in [5.41, 5.74) is 0. The van der Waals surface area contributed by atoms with Crippen molar-refractivity contribution >= 4 is 21.1 Å². The lowest BCUT2D eigenvalue weighted by atomic mass is 10.2. The van der Waals surface area contributed by atoms with Gasteiger partial charge in [0.05, 0.1) is 0 Å². The molecule has 5 N–H and O–H groups in total. The van der Waals surface area contributed by atoms with E-state index in [1.165, 1.54) is 13.8 Å². The molecular formula is C6H15NO7P2. The number of nitrogens with one attached hydrogen (secondary N) is 1. The highest BCUT2D eigenvalue weighted by Crippen LogP contribution is 2.43. The first kappa shape index (κ1) is 15.8. The number of hydrogen-bond acceptors (Lipinski definition) is 3. The number of carbonyl (C=O) groups excluding carboxylic acids is 1. The van der Waals surface area contributed by atoms with Crippen molar-refractivity contribution in [2.45, 2.75) is 19.6 Å². The van der Waals surface area contributed by atoms with Crippen LogP contribution >= 0.6 is 15.2 Å². The third-order valence-electron chi connectivity index (χ3n) is 1.65. The second kappa shape index (κ2) is 5.40. The SMILES string of the molecule is CC(C)C(NC(=O)CP(=O)(O)O)P(=O)(O)O. The average molecular weight is 275 g/mol. The van der Waals surface area contributed by atoms with Crippen LogP contribution in [0.15, 0.2) is 0 Å². The van der Waals surface area contributed by atoms with E-state index in [0.717, 1.165) is 0 Å². The van der Waals surface area contributed by atoms with Crippen molar-refractivity contribution in [2.75, 3.05) is 6.16 Å². The quantitative estimate of drug-likeness (QED) is 0.423. The van der Waals surface area contributed by atoms with Crippen molar-refractivity contribution in [2.24, 2.45) is 5.92 Å². The summed E-state index contributed by atoms with van der Waals surface area (Å²) in [7, 11) is -9.06. The fourth-order valence-corrected chi connectivity index (χ4v) is 2.59. The van der Waals surface area contributed by atoms with Gasteiger partial charge in [0.15, 0.2) is 0 Å². The Labute approximate surface area is 92.4 Å². The van der Waals surface area contributed by atoms with E-state index < -0.39 is 39.0 Å². The summed E-state index contributed by atoms with van der Waals surface area (Å²) in [5.74, 6) is -3.08. The average Bonchev–Trinajstić information content (AvgIpc) is 1.93. The molecule has 0 heterocycles. The highest BCUT2D eigenvalue weighted by molar-refractivity contribution is 7.53. The Balaban J connectivity index is 4.62. The Morgan fingerprint density at radius 3 is 1.88 bits per heavy atom. The molecule has 1 unspecified atom stereocenters. The lowest BCUT2D eigenvalue weighted by molar-refractivity contribution is -0.119. The molecule has 8 nitrogen and oxygen atoms in total. The molecule has 0 fully saturated rings. The van der Waals surface area contributed by atoms with E-state index in [-0.39, 0.29) is 0 Å². The third-order valence-corrected chi connectivity index (χ3v) is 3.80. The van der Waals surface area contributed by atoms with Crippen LogP contribution < -0.4 is 5.32 Å². The van der Waals surface area contributed by atoms with Gasteiger partial charge in [-0.2, -0.15) is 0 Å². The van der Waals surface area contributed by atoms with E-state index in [1.807, 2.05) is 5.32 Å². The zero-order valence-corrected chi connectivity index (χ0v) is 10.6. The molecule has 0 saturated heterocycles. The van der Waals surface area contributed by atoms with Crippen molar-refractivity contribution in [3.05, 3.63) is 0 Å². The summed E-state index contributed by atoms with van der Waals surface area (Å²) in [6, 6.07) is 0. The van der Waals surface area contributed by atoms with Crippen LogP contribution in [-0.2, 0) is 13.9 Å². The second-order valence-corrected chi connectivity index (χ2v) is 7.05. The fraction of sp³-hybridized carbons (Fsp3) is 0.833. The molecule has 96 valence electrons. The summed E-state index contributed by atoms with van der Waals surface area (Å²) < 4.78 is 21.4. The molecule has 0 aliphatic heterocycles. The molecule has 0 bridgehead atoms. The molecule has 0 saturated carbocycles. The third kappa shape index (κ3) is 6.37. The van der Waals surface area contributed by atoms with Gasteiger partial charge in [-0.25, -0.2) is 0 Å². The van der Waals surface area contributed by atoms with Gasteiger partial charge in [-0.1, -0.05) is 13.8 Å². The van der Waals surface area contributed by atoms with Gasteiger partial charge >= 0.3 is 15.2 Å². The maximum atomic E-state index is 11.1. The van der Waals surface area contributed by atoms with Crippen LogP contribution in [0, 0.1) is 5.92 Å². The minimum absolute atomic E-state index is 0.554. The second-order valence-electron chi connectivity index (χ2n) is 3.67. The first-order valence-electron chi connectivity index (χ1n) is 4.32. The van der Waals surface area contributed by atoms with Crippen LogP contribution in [0.5, 0.6) is 0 Å². The molecule has 10 heteroatoms. The van der Waals surface area contributed by atoms with Crippen molar-refractivity contribution in [3.8, 4) is 0 Å². The van der Waals surface area contributed by atoms with Gasteiger partial charge in [0.25, 0.3) is 0 Å². The molecule has 0 aliphatic carbocycles. The zero-order chi connectivity index (χ0) is 13.1. The summed E-state index contributed by atoms with van der Waals surface area (Å²) in [5, 5.41) is 1.92. The van der Waals surface area contributed by atoms with Gasteiger partial charge in [0.1, 0.15) is 11.9 Å². The lowest BCUT2D eigenvalue weighted by Gasteiger charge is -2.23. The molecule has 0 aromatic heterocycles. The standard InChI is InChI=1S/C6H15NO7P2/c1-4(2)6(16(12,13)14)7-5(8)3-15(9,10)11/h4,6H,3H2,1-2H3,(H,7,8)(H2,9,10,11)(H2,12,13,14). The molecule has 1 atom stereocenters. The smallest absolute Gasteiger partial charge is 0.341 e. The maximum Gasteiger partial charge on any atom is 0.347 e. The topological polar surface area (TPSA) is 144 Å². The van der Waals surface area contributed by atoms with E-state index >= 15 is 0 Å². The van der Waals surface area contributed by atoms with Crippen molar-refractivity contribution in [3.63, 3.8) is 0 Å². The number of rotatable bonds is 5. The summed E-state index contributed by atoms with van der Waals surface area (Å²) >= 11 is 0. The Bertz CT molecular complexity index is 343. The predicted molar refractivity (Wildman–Crippen MR) is 55.7 cm³/mol. The summed E-state index contributed by atoms with van der Waals surface area (Å²) in [6.45, 7) is 2.95. The first-order valence-corrected chi connectivity index (χ1v) is 7.80. The summed E-state index contributed by atoms with van der Waals surface area (Å²) in [6.07, 6.45) is -1.09. The van der Waals surface area contributed by atoms with Crippen molar-refractivity contribution in [1.82, 2.24) is 5.32 Å². The summed E-state index contributed by atoms with van der Waals surface area (Å²) in [4.78, 5) is 45.9.